The number of rotatable bonds is 5. The van der Waals surface area contributed by atoms with Gasteiger partial charge in [-0.1, -0.05) is 6.92 Å². The van der Waals surface area contributed by atoms with Gasteiger partial charge in [-0.15, -0.1) is 0 Å². The molecule has 0 radical (unpaired) electrons. The van der Waals surface area contributed by atoms with Gasteiger partial charge < -0.3 is 4.74 Å². The van der Waals surface area contributed by atoms with Gasteiger partial charge >= 0.3 is 0 Å². The van der Waals surface area contributed by atoms with Crippen LogP contribution in [-0.2, 0) is 11.3 Å². The smallest absolute Gasteiger partial charge is 0.195 e. The van der Waals surface area contributed by atoms with E-state index in [-0.39, 0.29) is 0 Å². The monoisotopic (exact) mass is 264 g/mol. The van der Waals surface area contributed by atoms with Crippen molar-refractivity contribution in [2.24, 2.45) is 5.92 Å². The van der Waals surface area contributed by atoms with E-state index in [1.807, 2.05) is 16.7 Å². The summed E-state index contributed by atoms with van der Waals surface area (Å²) >= 11 is 5.26. The van der Waals surface area contributed by atoms with Gasteiger partial charge in [0.2, 0.25) is 0 Å². The molecular formula is C12H16N4OS. The van der Waals surface area contributed by atoms with Crippen molar-refractivity contribution < 1.29 is 4.74 Å². The molecule has 1 unspecified atom stereocenters. The summed E-state index contributed by atoms with van der Waals surface area (Å²) in [5.41, 5.74) is 0.953. The maximum atomic E-state index is 5.26. The van der Waals surface area contributed by atoms with Gasteiger partial charge in [0.1, 0.15) is 0 Å². The Balaban J connectivity index is 2.31. The zero-order valence-corrected chi connectivity index (χ0v) is 11.3. The molecular weight excluding hydrogens is 248 g/mol. The number of H-pyrrole nitrogens is 1. The van der Waals surface area contributed by atoms with Crippen molar-refractivity contribution >= 4 is 12.2 Å². The van der Waals surface area contributed by atoms with Crippen LogP contribution in [-0.4, -0.2) is 33.5 Å². The second-order valence-corrected chi connectivity index (χ2v) is 4.65. The van der Waals surface area contributed by atoms with Gasteiger partial charge in [-0.3, -0.25) is 14.6 Å². The van der Waals surface area contributed by atoms with E-state index >= 15 is 0 Å². The number of aromatic amines is 1. The fourth-order valence-electron chi connectivity index (χ4n) is 1.85. The van der Waals surface area contributed by atoms with Crippen LogP contribution in [0.4, 0.5) is 0 Å². The number of methoxy groups -OCH3 is 1. The molecule has 0 aliphatic rings. The Morgan fingerprint density at radius 2 is 2.39 bits per heavy atom. The SMILES string of the molecule is COCC(C)Cn1c(-c2cccnc2)n[nH]c1=S. The van der Waals surface area contributed by atoms with Crippen LogP contribution in [0, 0.1) is 10.7 Å². The molecule has 0 aliphatic heterocycles. The molecule has 0 saturated heterocycles. The first kappa shape index (κ1) is 12.9. The van der Waals surface area contributed by atoms with E-state index in [0.29, 0.717) is 17.3 Å². The molecule has 0 saturated carbocycles. The number of hydrogen-bond donors (Lipinski definition) is 1. The molecule has 0 spiro atoms. The number of ether oxygens (including phenoxy) is 1. The number of hydrogen-bond acceptors (Lipinski definition) is 4. The van der Waals surface area contributed by atoms with Gasteiger partial charge in [0.05, 0.1) is 6.61 Å². The molecule has 1 atom stereocenters. The van der Waals surface area contributed by atoms with Crippen LogP contribution in [0.3, 0.4) is 0 Å². The maximum Gasteiger partial charge on any atom is 0.195 e. The van der Waals surface area contributed by atoms with E-state index in [0.717, 1.165) is 17.9 Å². The van der Waals surface area contributed by atoms with Crippen LogP contribution in [0.15, 0.2) is 24.5 Å². The van der Waals surface area contributed by atoms with E-state index in [9.17, 15) is 0 Å². The Bertz CT molecular complexity index is 549. The molecule has 0 fully saturated rings. The lowest BCUT2D eigenvalue weighted by atomic mass is 10.2. The second-order valence-electron chi connectivity index (χ2n) is 4.27. The first-order chi connectivity index (χ1) is 8.72. The summed E-state index contributed by atoms with van der Waals surface area (Å²) in [7, 11) is 1.70. The predicted octanol–water partition coefficient (Wildman–Crippen LogP) is 2.29. The molecule has 2 aromatic heterocycles. The molecule has 2 heterocycles. The lowest BCUT2D eigenvalue weighted by Crippen LogP contribution is -2.13. The molecule has 1 N–H and O–H groups in total. The normalized spacial score (nSPS) is 12.6. The fourth-order valence-corrected chi connectivity index (χ4v) is 2.06. The molecule has 6 heteroatoms. The highest BCUT2D eigenvalue weighted by molar-refractivity contribution is 7.71. The molecule has 0 amide bonds. The Kier molecular flexibility index (Phi) is 4.22. The fraction of sp³-hybridized carbons (Fsp3) is 0.417. The summed E-state index contributed by atoms with van der Waals surface area (Å²) in [6, 6.07) is 3.85. The Hall–Kier alpha value is -1.53. The third-order valence-corrected chi connectivity index (χ3v) is 2.94. The first-order valence-corrected chi connectivity index (χ1v) is 6.17. The topological polar surface area (TPSA) is 55.7 Å². The first-order valence-electron chi connectivity index (χ1n) is 5.77. The van der Waals surface area contributed by atoms with Crippen LogP contribution >= 0.6 is 12.2 Å². The molecule has 5 nitrogen and oxygen atoms in total. The third kappa shape index (κ3) is 2.83. The number of nitrogens with one attached hydrogen (secondary N) is 1. The minimum Gasteiger partial charge on any atom is -0.384 e. The zero-order valence-electron chi connectivity index (χ0n) is 10.5. The number of pyridine rings is 1. The third-order valence-electron chi connectivity index (χ3n) is 2.62. The van der Waals surface area contributed by atoms with Gasteiger partial charge in [0.25, 0.3) is 0 Å². The summed E-state index contributed by atoms with van der Waals surface area (Å²) in [4.78, 5) is 4.10. The standard InChI is InChI=1S/C12H16N4OS/c1-9(8-17-2)7-16-11(14-15-12(16)18)10-4-3-5-13-6-10/h3-6,9H,7-8H2,1-2H3,(H,15,18). The highest BCUT2D eigenvalue weighted by atomic mass is 32.1. The summed E-state index contributed by atoms with van der Waals surface area (Å²) in [6.07, 6.45) is 3.52. The maximum absolute atomic E-state index is 5.26. The van der Waals surface area contributed by atoms with E-state index in [1.54, 1.807) is 19.5 Å². The largest absolute Gasteiger partial charge is 0.384 e. The van der Waals surface area contributed by atoms with Crippen LogP contribution in [0.5, 0.6) is 0 Å². The Morgan fingerprint density at radius 3 is 3.06 bits per heavy atom. The Morgan fingerprint density at radius 1 is 1.56 bits per heavy atom. The van der Waals surface area contributed by atoms with Gasteiger partial charge in [0.15, 0.2) is 10.6 Å². The zero-order chi connectivity index (χ0) is 13.0. The van der Waals surface area contributed by atoms with E-state index in [4.69, 9.17) is 17.0 Å². The van der Waals surface area contributed by atoms with Crippen molar-refractivity contribution in [2.75, 3.05) is 13.7 Å². The lowest BCUT2D eigenvalue weighted by Gasteiger charge is -2.12. The molecule has 0 aromatic carbocycles. The van der Waals surface area contributed by atoms with E-state index < -0.39 is 0 Å². The molecule has 96 valence electrons. The summed E-state index contributed by atoms with van der Waals surface area (Å²) in [5.74, 6) is 1.19. The van der Waals surface area contributed by atoms with Gasteiger partial charge in [-0.2, -0.15) is 5.10 Å². The molecule has 18 heavy (non-hydrogen) atoms. The lowest BCUT2D eigenvalue weighted by molar-refractivity contribution is 0.151. The van der Waals surface area contributed by atoms with Crippen LogP contribution in [0.2, 0.25) is 0 Å². The minimum atomic E-state index is 0.370. The second kappa shape index (κ2) is 5.88. The van der Waals surface area contributed by atoms with Crippen molar-refractivity contribution in [1.29, 1.82) is 0 Å². The van der Waals surface area contributed by atoms with Gasteiger partial charge in [0, 0.05) is 31.6 Å². The highest BCUT2D eigenvalue weighted by Crippen LogP contribution is 2.17. The molecule has 2 rings (SSSR count). The number of aromatic nitrogens is 4. The van der Waals surface area contributed by atoms with Crippen molar-refractivity contribution in [3.05, 3.63) is 29.3 Å². The summed E-state index contributed by atoms with van der Waals surface area (Å²) in [6.45, 7) is 3.58. The minimum absolute atomic E-state index is 0.370. The van der Waals surface area contributed by atoms with Crippen LogP contribution < -0.4 is 0 Å². The molecule has 0 aliphatic carbocycles. The molecule has 0 bridgehead atoms. The summed E-state index contributed by atoms with van der Waals surface area (Å²) < 4.78 is 7.75. The van der Waals surface area contributed by atoms with Crippen LogP contribution in [0.25, 0.3) is 11.4 Å². The quantitative estimate of drug-likeness (QED) is 0.842. The van der Waals surface area contributed by atoms with Crippen molar-refractivity contribution in [2.45, 2.75) is 13.5 Å². The van der Waals surface area contributed by atoms with Crippen molar-refractivity contribution in [3.63, 3.8) is 0 Å². The number of nitrogens with zero attached hydrogens (tertiary/aromatic N) is 3. The average molecular weight is 264 g/mol. The van der Waals surface area contributed by atoms with Crippen LogP contribution in [0.1, 0.15) is 6.92 Å². The van der Waals surface area contributed by atoms with Gasteiger partial charge in [-0.25, -0.2) is 0 Å². The Labute approximate surface area is 111 Å². The van der Waals surface area contributed by atoms with E-state index in [1.165, 1.54) is 0 Å². The van der Waals surface area contributed by atoms with E-state index in [2.05, 4.69) is 22.1 Å². The average Bonchev–Trinajstić information content (AvgIpc) is 2.73. The van der Waals surface area contributed by atoms with Crippen molar-refractivity contribution in [3.8, 4) is 11.4 Å². The highest BCUT2D eigenvalue weighted by Gasteiger charge is 2.11. The molecule has 2 aromatic rings. The predicted molar refractivity (Wildman–Crippen MR) is 71.7 cm³/mol. The van der Waals surface area contributed by atoms with Gasteiger partial charge in [-0.05, 0) is 30.3 Å². The van der Waals surface area contributed by atoms with Crippen molar-refractivity contribution in [1.82, 2.24) is 19.7 Å². The summed E-state index contributed by atoms with van der Waals surface area (Å²) in [5, 5.41) is 7.09.